The summed E-state index contributed by atoms with van der Waals surface area (Å²) >= 11 is 0. The molecular weight excluding hydrogens is 455 g/mol. The normalized spacial score (nSPS) is 23.0. The molecule has 0 unspecified atom stereocenters. The average molecular weight is 482 g/mol. The van der Waals surface area contributed by atoms with Crippen molar-refractivity contribution in [1.29, 1.82) is 0 Å². The number of benzene rings is 2. The molecule has 6 nitrogen and oxygen atoms in total. The Hall–Kier alpha value is -2.59. The van der Waals surface area contributed by atoms with Gasteiger partial charge in [0, 0.05) is 18.7 Å². The second-order valence-electron chi connectivity index (χ2n) is 8.40. The summed E-state index contributed by atoms with van der Waals surface area (Å²) in [7, 11) is -3.77. The van der Waals surface area contributed by atoms with Gasteiger partial charge in [0.1, 0.15) is 17.8 Å². The summed E-state index contributed by atoms with van der Waals surface area (Å²) in [5, 5.41) is 0. The Kier molecular flexibility index (Phi) is 6.67. The first kappa shape index (κ1) is 23.6. The van der Waals surface area contributed by atoms with Crippen molar-refractivity contribution in [3.63, 3.8) is 0 Å². The fourth-order valence-electron chi connectivity index (χ4n) is 4.30. The van der Waals surface area contributed by atoms with Crippen molar-refractivity contribution in [2.45, 2.75) is 38.0 Å². The Morgan fingerprint density at radius 2 is 1.88 bits per heavy atom. The monoisotopic (exact) mass is 481 g/mol. The minimum absolute atomic E-state index is 0.0914. The Bertz CT molecular complexity index is 1140. The van der Waals surface area contributed by atoms with Crippen LogP contribution in [0, 0.1) is 11.6 Å². The van der Waals surface area contributed by atoms with Crippen molar-refractivity contribution in [1.82, 2.24) is 14.5 Å². The first-order chi connectivity index (χ1) is 15.7. The lowest BCUT2D eigenvalue weighted by molar-refractivity contribution is 0.119. The summed E-state index contributed by atoms with van der Waals surface area (Å²) in [4.78, 5) is 15.8. The predicted octanol–water partition coefficient (Wildman–Crippen LogP) is 3.33. The molecule has 0 saturated carbocycles. The van der Waals surface area contributed by atoms with Crippen molar-refractivity contribution in [3.8, 4) is 11.1 Å². The number of carbonyl (C=O) groups excluding carboxylic acids is 1. The third kappa shape index (κ3) is 4.86. The van der Waals surface area contributed by atoms with E-state index in [0.29, 0.717) is 18.7 Å². The highest BCUT2D eigenvalue weighted by Gasteiger charge is 2.47. The predicted molar refractivity (Wildman–Crippen MR) is 119 cm³/mol. The highest BCUT2D eigenvalue weighted by atomic mass is 32.2. The van der Waals surface area contributed by atoms with E-state index in [9.17, 15) is 17.6 Å². The molecule has 2 fully saturated rings. The second kappa shape index (κ2) is 9.34. The zero-order valence-electron chi connectivity index (χ0n) is 18.2. The first-order valence-electron chi connectivity index (χ1n) is 10.9. The van der Waals surface area contributed by atoms with E-state index >= 15 is 8.78 Å². The molecule has 2 aliphatic heterocycles. The molecule has 0 bridgehead atoms. The smallest absolute Gasteiger partial charge is 0.320 e. The van der Waals surface area contributed by atoms with Crippen molar-refractivity contribution in [2.24, 2.45) is 0 Å². The maximum Gasteiger partial charge on any atom is 0.320 e. The molecule has 0 aliphatic carbocycles. The van der Waals surface area contributed by atoms with Gasteiger partial charge in [0.2, 0.25) is 10.0 Å². The van der Waals surface area contributed by atoms with E-state index in [4.69, 9.17) is 0 Å². The van der Waals surface area contributed by atoms with Crippen LogP contribution in [0.1, 0.15) is 18.9 Å². The summed E-state index contributed by atoms with van der Waals surface area (Å²) in [6.07, 6.45) is -0.873. The molecule has 0 spiro atoms. The lowest BCUT2D eigenvalue weighted by Crippen LogP contribution is -2.55. The van der Waals surface area contributed by atoms with Gasteiger partial charge in [0.25, 0.3) is 0 Å². The molecular formula is C23H26F3N3O3S. The minimum Gasteiger partial charge on any atom is -0.325 e. The summed E-state index contributed by atoms with van der Waals surface area (Å²) in [6.45, 7) is 2.26. The summed E-state index contributed by atoms with van der Waals surface area (Å²) in [5.41, 5.74) is 0.715. The van der Waals surface area contributed by atoms with Crippen LogP contribution in [0.15, 0.2) is 42.5 Å². The number of alkyl halides is 1. The number of carbonyl (C=O) groups is 1. The van der Waals surface area contributed by atoms with Crippen molar-refractivity contribution < 1.29 is 26.4 Å². The number of likely N-dealkylation sites (tertiary alicyclic amines) is 2. The molecule has 33 heavy (non-hydrogen) atoms. The lowest BCUT2D eigenvalue weighted by Gasteiger charge is -2.37. The number of rotatable bonds is 6. The van der Waals surface area contributed by atoms with Crippen molar-refractivity contribution >= 4 is 16.1 Å². The number of nitrogens with one attached hydrogen (secondary N) is 1. The largest absolute Gasteiger partial charge is 0.325 e. The van der Waals surface area contributed by atoms with E-state index in [1.165, 1.54) is 42.2 Å². The summed E-state index contributed by atoms with van der Waals surface area (Å²) in [5.74, 6) is -1.36. The van der Waals surface area contributed by atoms with Gasteiger partial charge in [-0.25, -0.2) is 31.1 Å². The Balaban J connectivity index is 1.68. The molecule has 1 N–H and O–H groups in total. The van der Waals surface area contributed by atoms with Crippen LogP contribution in [0.2, 0.25) is 0 Å². The van der Waals surface area contributed by atoms with Gasteiger partial charge in [0.05, 0.1) is 24.4 Å². The second-order valence-corrected chi connectivity index (χ2v) is 10.4. The van der Waals surface area contributed by atoms with Gasteiger partial charge in [-0.15, -0.1) is 0 Å². The molecule has 2 saturated heterocycles. The number of nitrogens with zero attached hydrogens (tertiary/aromatic N) is 2. The summed E-state index contributed by atoms with van der Waals surface area (Å²) < 4.78 is 71.0. The molecule has 2 amide bonds. The van der Waals surface area contributed by atoms with Crippen LogP contribution in [-0.4, -0.2) is 67.9 Å². The average Bonchev–Trinajstić information content (AvgIpc) is 3.03. The highest BCUT2D eigenvalue weighted by molar-refractivity contribution is 7.89. The topological polar surface area (TPSA) is 69.7 Å². The third-order valence-electron chi connectivity index (χ3n) is 6.29. The number of hydrogen-bond donors (Lipinski definition) is 1. The van der Waals surface area contributed by atoms with E-state index in [-0.39, 0.29) is 35.9 Å². The quantitative estimate of drug-likeness (QED) is 0.688. The van der Waals surface area contributed by atoms with E-state index in [1.54, 1.807) is 17.0 Å². The molecule has 0 radical (unpaired) electrons. The molecule has 2 aliphatic rings. The van der Waals surface area contributed by atoms with E-state index in [0.717, 1.165) is 6.42 Å². The van der Waals surface area contributed by atoms with Crippen LogP contribution in [0.25, 0.3) is 11.1 Å². The SMILES string of the molecule is CCS(=O)(=O)N[C@H]1[C@@H](F)CN(C(=O)N2CCC2)[C@H]1Cc1cccc(-c2cccc(F)c2)c1F. The Labute approximate surface area is 191 Å². The number of halogens is 3. The van der Waals surface area contributed by atoms with Gasteiger partial charge in [-0.3, -0.25) is 0 Å². The van der Waals surface area contributed by atoms with E-state index < -0.39 is 39.9 Å². The number of amides is 2. The number of sulfonamides is 1. The van der Waals surface area contributed by atoms with E-state index in [2.05, 4.69) is 4.72 Å². The van der Waals surface area contributed by atoms with Crippen molar-refractivity contribution in [2.75, 3.05) is 25.4 Å². The molecule has 3 atom stereocenters. The molecule has 2 heterocycles. The van der Waals surface area contributed by atoms with Crippen LogP contribution in [0.4, 0.5) is 18.0 Å². The van der Waals surface area contributed by atoms with Gasteiger partial charge >= 0.3 is 6.03 Å². The van der Waals surface area contributed by atoms with Gasteiger partial charge in [-0.05, 0) is 43.0 Å². The third-order valence-corrected chi connectivity index (χ3v) is 7.68. The lowest BCUT2D eigenvalue weighted by atomic mass is 9.95. The maximum absolute atomic E-state index is 15.5. The standard InChI is InChI=1S/C23H26F3N3O3S/c1-2-33(31,32)27-22-19(25)14-29(23(30)28-10-5-11-28)20(22)13-16-7-4-9-18(21(16)26)15-6-3-8-17(24)12-15/h3-4,6-9,12,19-20,22,27H,2,5,10-11,13-14H2,1H3/t19-,20-,22-/m0/s1. The fourth-order valence-corrected chi connectivity index (χ4v) is 5.19. The first-order valence-corrected chi connectivity index (χ1v) is 12.6. The number of hydrogen-bond acceptors (Lipinski definition) is 3. The Morgan fingerprint density at radius 1 is 1.15 bits per heavy atom. The van der Waals surface area contributed by atoms with Gasteiger partial charge in [0.15, 0.2) is 0 Å². The molecule has 4 rings (SSSR count). The zero-order chi connectivity index (χ0) is 23.8. The van der Waals surface area contributed by atoms with Crippen LogP contribution in [0.3, 0.4) is 0 Å². The van der Waals surface area contributed by atoms with Gasteiger partial charge < -0.3 is 9.80 Å². The van der Waals surface area contributed by atoms with Crippen LogP contribution >= 0.6 is 0 Å². The van der Waals surface area contributed by atoms with Crippen molar-refractivity contribution in [3.05, 3.63) is 59.7 Å². The molecule has 2 aromatic carbocycles. The minimum atomic E-state index is -3.77. The fraction of sp³-hybridized carbons (Fsp3) is 0.435. The van der Waals surface area contributed by atoms with Gasteiger partial charge in [-0.1, -0.05) is 30.3 Å². The summed E-state index contributed by atoms with van der Waals surface area (Å²) in [6, 6.07) is 7.68. The van der Waals surface area contributed by atoms with Gasteiger partial charge in [-0.2, -0.15) is 0 Å². The van der Waals surface area contributed by atoms with Crippen LogP contribution < -0.4 is 4.72 Å². The van der Waals surface area contributed by atoms with E-state index in [1.807, 2.05) is 0 Å². The van der Waals surface area contributed by atoms with Crippen LogP contribution in [-0.2, 0) is 16.4 Å². The molecule has 0 aromatic heterocycles. The number of urea groups is 1. The zero-order valence-corrected chi connectivity index (χ0v) is 19.0. The highest BCUT2D eigenvalue weighted by Crippen LogP contribution is 2.31. The molecule has 2 aromatic rings. The Morgan fingerprint density at radius 3 is 2.52 bits per heavy atom. The molecule has 178 valence electrons. The van der Waals surface area contributed by atoms with Crippen LogP contribution in [0.5, 0.6) is 0 Å². The maximum atomic E-state index is 15.5. The molecule has 10 heteroatoms.